The van der Waals surface area contributed by atoms with Crippen LogP contribution < -0.4 is 5.73 Å². The van der Waals surface area contributed by atoms with Gasteiger partial charge in [-0.05, 0) is 31.0 Å². The summed E-state index contributed by atoms with van der Waals surface area (Å²) >= 11 is 0. The number of pyridine rings is 1. The molecule has 2 N–H and O–H groups in total. The smallest absolute Gasteiger partial charge is 0.149 e. The van der Waals surface area contributed by atoms with E-state index >= 15 is 0 Å². The van der Waals surface area contributed by atoms with Gasteiger partial charge in [0.05, 0.1) is 6.20 Å². The number of hydrogen-bond acceptors (Lipinski definition) is 4. The van der Waals surface area contributed by atoms with Gasteiger partial charge >= 0.3 is 0 Å². The number of nitrogens with zero attached hydrogens (tertiary/aromatic N) is 3. The summed E-state index contributed by atoms with van der Waals surface area (Å²) < 4.78 is 1.76. The molecule has 0 bridgehead atoms. The first-order chi connectivity index (χ1) is 8.20. The first-order valence-corrected chi connectivity index (χ1v) is 5.26. The van der Waals surface area contributed by atoms with E-state index in [2.05, 4.69) is 17.0 Å². The number of nitrogen functional groups attached to an aromatic ring is 1. The number of aromatic nitrogens is 3. The zero-order valence-corrected chi connectivity index (χ0v) is 10.1. The average Bonchev–Trinajstić information content (AvgIpc) is 2.80. The van der Waals surface area contributed by atoms with Crippen molar-refractivity contribution in [2.75, 3.05) is 5.73 Å². The molecule has 0 aromatic carbocycles. The highest BCUT2D eigenvalue weighted by Crippen LogP contribution is 2.15. The highest BCUT2D eigenvalue weighted by Gasteiger charge is 2.04. The van der Waals surface area contributed by atoms with Crippen LogP contribution in [0.25, 0.3) is 5.69 Å². The molecular weight excluding hydrogens is 216 g/mol. The van der Waals surface area contributed by atoms with Crippen molar-refractivity contribution >= 4 is 12.6 Å². The van der Waals surface area contributed by atoms with Crippen LogP contribution in [-0.4, -0.2) is 21.6 Å². The fourth-order valence-corrected chi connectivity index (χ4v) is 1.44. The van der Waals surface area contributed by atoms with Crippen molar-refractivity contribution in [1.29, 1.82) is 0 Å². The van der Waals surface area contributed by atoms with Gasteiger partial charge in [-0.15, -0.1) is 0 Å². The van der Waals surface area contributed by atoms with E-state index in [1.54, 1.807) is 4.68 Å². The lowest BCUT2D eigenvalue weighted by Gasteiger charge is -2.04. The highest BCUT2D eigenvalue weighted by atomic mass is 16.1. The number of rotatable bonds is 2. The molecule has 2 aromatic heterocycles. The molecule has 2 aromatic rings. The molecule has 0 amide bonds. The van der Waals surface area contributed by atoms with E-state index in [1.165, 1.54) is 5.56 Å². The largest absolute Gasteiger partial charge is 0.382 e. The Kier molecular flexibility index (Phi) is 4.39. The second-order valence-electron chi connectivity index (χ2n) is 3.50. The molecule has 5 heteroatoms. The zero-order chi connectivity index (χ0) is 12.8. The molecule has 90 valence electrons. The van der Waals surface area contributed by atoms with Gasteiger partial charge in [0.15, 0.2) is 0 Å². The Bertz CT molecular complexity index is 493. The summed E-state index contributed by atoms with van der Waals surface area (Å²) in [4.78, 5) is 12.2. The highest BCUT2D eigenvalue weighted by molar-refractivity contribution is 5.52. The fraction of sp³-hybridized carbons (Fsp3) is 0.250. The Morgan fingerprint density at radius 3 is 2.65 bits per heavy atom. The molecule has 0 aliphatic heterocycles. The van der Waals surface area contributed by atoms with Crippen molar-refractivity contribution in [3.63, 3.8) is 0 Å². The van der Waals surface area contributed by atoms with E-state index < -0.39 is 0 Å². The minimum atomic E-state index is 0.515. The molecule has 0 fully saturated rings. The molecule has 0 saturated heterocycles. The van der Waals surface area contributed by atoms with Crippen LogP contribution in [0, 0.1) is 6.92 Å². The second kappa shape index (κ2) is 5.79. The minimum absolute atomic E-state index is 0.515. The van der Waals surface area contributed by atoms with Crippen LogP contribution in [0.5, 0.6) is 0 Å². The molecule has 2 rings (SSSR count). The van der Waals surface area contributed by atoms with Gasteiger partial charge in [-0.2, -0.15) is 5.10 Å². The third kappa shape index (κ3) is 2.90. The quantitative estimate of drug-likeness (QED) is 0.852. The maximum Gasteiger partial charge on any atom is 0.149 e. The monoisotopic (exact) mass is 232 g/mol. The molecule has 0 atom stereocenters. The number of carbonyl (C=O) groups excluding carboxylic acids is 1. The minimum Gasteiger partial charge on any atom is -0.382 e. The maximum atomic E-state index is 8.00. The summed E-state index contributed by atoms with van der Waals surface area (Å²) in [5.41, 5.74) is 8.77. The van der Waals surface area contributed by atoms with Crippen LogP contribution in [0.15, 0.2) is 24.5 Å². The van der Waals surface area contributed by atoms with Crippen molar-refractivity contribution < 1.29 is 4.79 Å². The molecule has 17 heavy (non-hydrogen) atoms. The van der Waals surface area contributed by atoms with Crippen LogP contribution in [0.2, 0.25) is 0 Å². The fourth-order valence-electron chi connectivity index (χ4n) is 1.44. The molecular formula is C12H16N4O. The Morgan fingerprint density at radius 1 is 1.41 bits per heavy atom. The van der Waals surface area contributed by atoms with Crippen LogP contribution in [-0.2, 0) is 11.2 Å². The summed E-state index contributed by atoms with van der Waals surface area (Å²) in [6, 6.07) is 3.86. The second-order valence-corrected chi connectivity index (χ2v) is 3.50. The summed E-state index contributed by atoms with van der Waals surface area (Å²) in [6.45, 7) is 6.01. The van der Waals surface area contributed by atoms with Crippen molar-refractivity contribution in [3.8, 4) is 5.69 Å². The lowest BCUT2D eigenvalue weighted by atomic mass is 10.3. The number of anilines is 1. The molecule has 5 nitrogen and oxygen atoms in total. The van der Waals surface area contributed by atoms with E-state index in [1.807, 2.05) is 38.2 Å². The average molecular weight is 232 g/mol. The predicted molar refractivity (Wildman–Crippen MR) is 67.0 cm³/mol. The standard InChI is InChI=1S/C11H14N4.CH2O/c1-3-9-6-13-15(7-9)10-5-4-8(2)14-11(10)12;1-2/h4-7H,3H2,1-2H3,(H2,12,14);1H2. The van der Waals surface area contributed by atoms with E-state index in [-0.39, 0.29) is 0 Å². The van der Waals surface area contributed by atoms with Gasteiger partial charge in [0.25, 0.3) is 0 Å². The molecule has 0 unspecified atom stereocenters. The Hall–Kier alpha value is -2.17. The molecule has 0 saturated carbocycles. The van der Waals surface area contributed by atoms with Crippen LogP contribution in [0.1, 0.15) is 18.2 Å². The van der Waals surface area contributed by atoms with Gasteiger partial charge in [0.1, 0.15) is 18.3 Å². The number of carbonyl (C=O) groups is 1. The van der Waals surface area contributed by atoms with Crippen molar-refractivity contribution in [1.82, 2.24) is 14.8 Å². The Balaban J connectivity index is 0.000000686. The summed E-state index contributed by atoms with van der Waals surface area (Å²) in [5.74, 6) is 0.515. The van der Waals surface area contributed by atoms with E-state index in [0.29, 0.717) is 5.82 Å². The first-order valence-electron chi connectivity index (χ1n) is 5.26. The lowest BCUT2D eigenvalue weighted by Crippen LogP contribution is -2.03. The van der Waals surface area contributed by atoms with Crippen LogP contribution in [0.3, 0.4) is 0 Å². The molecule has 0 aliphatic carbocycles. The normalized spacial score (nSPS) is 9.53. The van der Waals surface area contributed by atoms with Gasteiger partial charge in [-0.1, -0.05) is 6.92 Å². The Morgan fingerprint density at radius 2 is 2.12 bits per heavy atom. The SMILES string of the molecule is C=O.CCc1cnn(-c2ccc(C)nc2N)c1. The molecule has 0 spiro atoms. The zero-order valence-electron chi connectivity index (χ0n) is 10.1. The molecule has 0 aliphatic rings. The number of aryl methyl sites for hydroxylation is 2. The summed E-state index contributed by atoms with van der Waals surface area (Å²) in [5, 5.41) is 4.24. The van der Waals surface area contributed by atoms with Gasteiger partial charge in [-0.3, -0.25) is 0 Å². The third-order valence-corrected chi connectivity index (χ3v) is 2.33. The van der Waals surface area contributed by atoms with E-state index in [0.717, 1.165) is 17.8 Å². The van der Waals surface area contributed by atoms with E-state index in [4.69, 9.17) is 10.5 Å². The van der Waals surface area contributed by atoms with Gasteiger partial charge in [0, 0.05) is 11.9 Å². The van der Waals surface area contributed by atoms with E-state index in [9.17, 15) is 0 Å². The Labute approximate surface area is 100 Å². The van der Waals surface area contributed by atoms with Crippen molar-refractivity contribution in [2.45, 2.75) is 20.3 Å². The van der Waals surface area contributed by atoms with Crippen LogP contribution >= 0.6 is 0 Å². The number of nitrogens with two attached hydrogens (primary N) is 1. The lowest BCUT2D eigenvalue weighted by molar-refractivity contribution is -0.0979. The van der Waals surface area contributed by atoms with Gasteiger partial charge in [-0.25, -0.2) is 9.67 Å². The van der Waals surface area contributed by atoms with Crippen molar-refractivity contribution in [2.24, 2.45) is 0 Å². The third-order valence-electron chi connectivity index (χ3n) is 2.33. The van der Waals surface area contributed by atoms with Crippen molar-refractivity contribution in [3.05, 3.63) is 35.8 Å². The molecule has 0 radical (unpaired) electrons. The summed E-state index contributed by atoms with van der Waals surface area (Å²) in [7, 11) is 0. The first kappa shape index (κ1) is 12.9. The maximum absolute atomic E-state index is 8.00. The number of hydrogen-bond donors (Lipinski definition) is 1. The van der Waals surface area contributed by atoms with Gasteiger partial charge in [0.2, 0.25) is 0 Å². The van der Waals surface area contributed by atoms with Gasteiger partial charge < -0.3 is 10.5 Å². The molecule has 2 heterocycles. The van der Waals surface area contributed by atoms with Crippen LogP contribution in [0.4, 0.5) is 5.82 Å². The predicted octanol–water partition coefficient (Wildman–Crippen LogP) is 1.54. The summed E-state index contributed by atoms with van der Waals surface area (Å²) in [6.07, 6.45) is 4.79. The topological polar surface area (TPSA) is 73.8 Å².